The van der Waals surface area contributed by atoms with E-state index in [-0.39, 0.29) is 25.0 Å². The standard InChI is InChI=1S/C35H31BrCl2N2O4/c36-26-10-6-22(7-11-26)21-35(34(42)39-28-18-24-4-1-2-5-25(24)19-28)32(30-15-12-27(37)20-31(30)38)44-33(40-35)23-8-13-29(14-9-23)43-17-3-16-41/h1-2,4-15,20,28,32,41H,3,16-19,21H2,(H,39,42)/t32-,35-/m1/s1. The molecule has 0 unspecified atom stereocenters. The maximum absolute atomic E-state index is 14.7. The van der Waals surface area contributed by atoms with Crippen molar-refractivity contribution < 1.29 is 19.4 Å². The van der Waals surface area contributed by atoms with Gasteiger partial charge in [-0.15, -0.1) is 0 Å². The van der Waals surface area contributed by atoms with Gasteiger partial charge in [0.05, 0.1) is 6.61 Å². The number of rotatable bonds is 10. The van der Waals surface area contributed by atoms with Crippen molar-refractivity contribution in [3.8, 4) is 5.75 Å². The highest BCUT2D eigenvalue weighted by molar-refractivity contribution is 9.10. The molecule has 0 spiro atoms. The van der Waals surface area contributed by atoms with Crippen LogP contribution < -0.4 is 10.1 Å². The first kappa shape index (κ1) is 30.7. The Morgan fingerprint density at radius 2 is 1.70 bits per heavy atom. The number of carbonyl (C=O) groups excluding carboxylic acids is 1. The minimum Gasteiger partial charge on any atom is -0.494 e. The van der Waals surface area contributed by atoms with E-state index < -0.39 is 11.6 Å². The van der Waals surface area contributed by atoms with Crippen molar-refractivity contribution >= 4 is 50.9 Å². The van der Waals surface area contributed by atoms with Crippen LogP contribution in [-0.4, -0.2) is 41.7 Å². The van der Waals surface area contributed by atoms with Crippen molar-refractivity contribution in [1.29, 1.82) is 0 Å². The third kappa shape index (κ3) is 6.52. The van der Waals surface area contributed by atoms with Crippen molar-refractivity contribution in [1.82, 2.24) is 5.32 Å². The minimum absolute atomic E-state index is 0.0623. The van der Waals surface area contributed by atoms with E-state index in [0.717, 1.165) is 22.9 Å². The second-order valence-electron chi connectivity index (χ2n) is 11.1. The lowest BCUT2D eigenvalue weighted by Gasteiger charge is -2.32. The molecule has 1 amide bonds. The van der Waals surface area contributed by atoms with Crippen LogP contribution in [0.15, 0.2) is 100 Å². The highest BCUT2D eigenvalue weighted by Gasteiger charge is 2.54. The summed E-state index contributed by atoms with van der Waals surface area (Å²) in [6.07, 6.45) is 1.49. The van der Waals surface area contributed by atoms with Gasteiger partial charge in [-0.25, -0.2) is 4.99 Å². The molecule has 6 rings (SSSR count). The van der Waals surface area contributed by atoms with Crippen LogP contribution in [0.4, 0.5) is 0 Å². The van der Waals surface area contributed by atoms with Gasteiger partial charge in [0.25, 0.3) is 5.91 Å². The molecule has 0 radical (unpaired) electrons. The lowest BCUT2D eigenvalue weighted by Crippen LogP contribution is -2.53. The molecule has 1 heterocycles. The molecule has 0 aromatic heterocycles. The molecule has 226 valence electrons. The molecule has 44 heavy (non-hydrogen) atoms. The van der Waals surface area contributed by atoms with Gasteiger partial charge in [0.1, 0.15) is 5.75 Å². The van der Waals surface area contributed by atoms with Crippen molar-refractivity contribution in [3.05, 3.63) is 133 Å². The summed E-state index contributed by atoms with van der Waals surface area (Å²) in [5.41, 5.74) is 3.37. The number of carbonyl (C=O) groups is 1. The number of hydrogen-bond acceptors (Lipinski definition) is 5. The summed E-state index contributed by atoms with van der Waals surface area (Å²) in [5, 5.41) is 13.3. The molecule has 1 aliphatic heterocycles. The highest BCUT2D eigenvalue weighted by atomic mass is 79.9. The lowest BCUT2D eigenvalue weighted by molar-refractivity contribution is -0.129. The van der Waals surface area contributed by atoms with Crippen molar-refractivity contribution in [2.45, 2.75) is 43.4 Å². The van der Waals surface area contributed by atoms with Gasteiger partial charge in [-0.1, -0.05) is 81.6 Å². The second-order valence-corrected chi connectivity index (χ2v) is 12.9. The Kier molecular flexibility index (Phi) is 9.29. The molecular formula is C35H31BrCl2N2O4. The van der Waals surface area contributed by atoms with Crippen LogP contribution in [0, 0.1) is 0 Å². The van der Waals surface area contributed by atoms with Gasteiger partial charge in [0, 0.05) is 51.1 Å². The Morgan fingerprint density at radius 3 is 2.36 bits per heavy atom. The van der Waals surface area contributed by atoms with Crippen LogP contribution in [0.3, 0.4) is 0 Å². The zero-order chi connectivity index (χ0) is 30.7. The number of aliphatic hydroxyl groups excluding tert-OH is 1. The summed E-state index contributed by atoms with van der Waals surface area (Å²) in [5.74, 6) is 0.774. The molecular weight excluding hydrogens is 663 g/mol. The van der Waals surface area contributed by atoms with Gasteiger partial charge in [-0.2, -0.15) is 0 Å². The summed E-state index contributed by atoms with van der Waals surface area (Å²) in [6, 6.07) is 28.7. The highest BCUT2D eigenvalue weighted by Crippen LogP contribution is 2.45. The number of aliphatic imine (C=N–C) groups is 1. The average molecular weight is 694 g/mol. The number of nitrogens with one attached hydrogen (secondary N) is 1. The number of fused-ring (bicyclic) bond motifs is 1. The van der Waals surface area contributed by atoms with Gasteiger partial charge >= 0.3 is 0 Å². The molecule has 4 aromatic carbocycles. The number of nitrogens with zero attached hydrogens (tertiary/aromatic N) is 1. The van der Waals surface area contributed by atoms with E-state index in [1.54, 1.807) is 18.2 Å². The first-order chi connectivity index (χ1) is 21.3. The van der Waals surface area contributed by atoms with Crippen molar-refractivity contribution in [2.24, 2.45) is 4.99 Å². The monoisotopic (exact) mass is 692 g/mol. The number of aliphatic hydroxyl groups is 1. The maximum atomic E-state index is 14.7. The van der Waals surface area contributed by atoms with Gasteiger partial charge in [-0.05, 0) is 78.1 Å². The molecule has 2 N–H and O–H groups in total. The van der Waals surface area contributed by atoms with Crippen LogP contribution >= 0.6 is 39.1 Å². The normalized spacial score (nSPS) is 19.3. The minimum atomic E-state index is -1.37. The van der Waals surface area contributed by atoms with Crippen LogP contribution in [-0.2, 0) is 28.8 Å². The first-order valence-electron chi connectivity index (χ1n) is 14.5. The third-order valence-corrected chi connectivity index (χ3v) is 9.14. The Balaban J connectivity index is 1.41. The molecule has 6 nitrogen and oxygen atoms in total. The average Bonchev–Trinajstić information content (AvgIpc) is 3.61. The van der Waals surface area contributed by atoms with E-state index in [1.807, 2.05) is 60.7 Å². The molecule has 4 aromatic rings. The van der Waals surface area contributed by atoms with Crippen LogP contribution in [0.25, 0.3) is 0 Å². The molecule has 0 fully saturated rings. The summed E-state index contributed by atoms with van der Waals surface area (Å²) < 4.78 is 13.3. The molecule has 0 saturated carbocycles. The van der Waals surface area contributed by atoms with Gasteiger partial charge in [-0.3, -0.25) is 4.79 Å². The molecule has 0 bridgehead atoms. The van der Waals surface area contributed by atoms with E-state index in [9.17, 15) is 4.79 Å². The molecule has 2 aliphatic rings. The topological polar surface area (TPSA) is 80.2 Å². The predicted octanol–water partition coefficient (Wildman–Crippen LogP) is 7.30. The molecule has 0 saturated heterocycles. The molecule has 9 heteroatoms. The zero-order valence-electron chi connectivity index (χ0n) is 23.8. The maximum Gasteiger partial charge on any atom is 0.252 e. The fourth-order valence-corrected chi connectivity index (χ4v) is 6.63. The van der Waals surface area contributed by atoms with E-state index in [4.69, 9.17) is 42.8 Å². The summed E-state index contributed by atoms with van der Waals surface area (Å²) in [4.78, 5) is 19.8. The third-order valence-electron chi connectivity index (χ3n) is 8.05. The predicted molar refractivity (Wildman–Crippen MR) is 177 cm³/mol. The number of amides is 1. The summed E-state index contributed by atoms with van der Waals surface area (Å²) in [6.45, 7) is 0.471. The Morgan fingerprint density at radius 1 is 1.00 bits per heavy atom. The number of hydrogen-bond donors (Lipinski definition) is 2. The van der Waals surface area contributed by atoms with Crippen molar-refractivity contribution in [2.75, 3.05) is 13.2 Å². The Hall–Kier alpha value is -3.36. The van der Waals surface area contributed by atoms with Gasteiger partial charge in [0.15, 0.2) is 11.6 Å². The molecule has 1 aliphatic carbocycles. The smallest absolute Gasteiger partial charge is 0.252 e. The number of halogens is 3. The van der Waals surface area contributed by atoms with Gasteiger partial charge < -0.3 is 19.9 Å². The zero-order valence-corrected chi connectivity index (χ0v) is 26.9. The van der Waals surface area contributed by atoms with Crippen LogP contribution in [0.1, 0.15) is 40.3 Å². The van der Waals surface area contributed by atoms with Crippen LogP contribution in [0.5, 0.6) is 5.75 Å². The largest absolute Gasteiger partial charge is 0.494 e. The van der Waals surface area contributed by atoms with E-state index in [1.165, 1.54) is 11.1 Å². The van der Waals surface area contributed by atoms with E-state index in [0.29, 0.717) is 45.8 Å². The van der Waals surface area contributed by atoms with E-state index >= 15 is 0 Å². The number of ether oxygens (including phenoxy) is 2. The SMILES string of the molecule is O=C(NC1Cc2ccccc2C1)[C@]1(Cc2ccc(Br)cc2)N=C(c2ccc(OCCCO)cc2)O[C@@H]1c1ccc(Cl)cc1Cl. The van der Waals surface area contributed by atoms with Crippen molar-refractivity contribution in [3.63, 3.8) is 0 Å². The lowest BCUT2D eigenvalue weighted by atomic mass is 9.81. The molecule has 2 atom stereocenters. The Bertz CT molecular complexity index is 1650. The van der Waals surface area contributed by atoms with Crippen LogP contribution in [0.2, 0.25) is 10.0 Å². The fourth-order valence-electron chi connectivity index (χ4n) is 5.86. The Labute approximate surface area is 275 Å². The summed E-state index contributed by atoms with van der Waals surface area (Å²) in [7, 11) is 0. The quantitative estimate of drug-likeness (QED) is 0.171. The van der Waals surface area contributed by atoms with Gasteiger partial charge in [0.2, 0.25) is 5.90 Å². The van der Waals surface area contributed by atoms with E-state index in [2.05, 4.69) is 33.4 Å². The number of benzene rings is 4. The first-order valence-corrected chi connectivity index (χ1v) is 16.1. The second kappa shape index (κ2) is 13.3. The fraction of sp³-hybridized carbons (Fsp3) is 0.257. The summed E-state index contributed by atoms with van der Waals surface area (Å²) >= 11 is 16.6.